The third-order valence-corrected chi connectivity index (χ3v) is 5.48. The average molecular weight is 521 g/mol. The zero-order valence-electron chi connectivity index (χ0n) is 14.9. The molecular formula is C19H14BrCl3N2O4. The van der Waals surface area contributed by atoms with E-state index in [0.29, 0.717) is 25.2 Å². The van der Waals surface area contributed by atoms with Gasteiger partial charge < -0.3 is 9.84 Å². The first-order chi connectivity index (χ1) is 13.7. The quantitative estimate of drug-likeness (QED) is 0.504. The second kappa shape index (κ2) is 8.92. The highest BCUT2D eigenvalue weighted by molar-refractivity contribution is 9.10. The molecule has 0 radical (unpaired) electrons. The van der Waals surface area contributed by atoms with E-state index in [1.165, 1.54) is 18.1 Å². The van der Waals surface area contributed by atoms with Crippen molar-refractivity contribution in [2.45, 2.75) is 13.0 Å². The molecule has 0 spiro atoms. The summed E-state index contributed by atoms with van der Waals surface area (Å²) in [5.41, 5.74) is 0.702. The predicted octanol–water partition coefficient (Wildman–Crippen LogP) is 5.57. The van der Waals surface area contributed by atoms with Crippen molar-refractivity contribution < 1.29 is 19.4 Å². The van der Waals surface area contributed by atoms with Gasteiger partial charge in [0.25, 0.3) is 0 Å². The number of ether oxygens (including phenoxy) is 1. The van der Waals surface area contributed by atoms with Gasteiger partial charge in [0.1, 0.15) is 5.75 Å². The first kappa shape index (κ1) is 21.9. The van der Waals surface area contributed by atoms with E-state index in [4.69, 9.17) is 44.6 Å². The lowest BCUT2D eigenvalue weighted by Gasteiger charge is -2.19. The molecule has 1 aliphatic rings. The van der Waals surface area contributed by atoms with Gasteiger partial charge in [0.05, 0.1) is 33.8 Å². The number of carboxylic acids is 1. The van der Waals surface area contributed by atoms with Crippen LogP contribution in [0.25, 0.3) is 0 Å². The SMILES string of the molecule is CC(Oc1ccc(Br)cc1C(=O)C1C=NN(c2c(Cl)cc(Cl)cc2Cl)C1)C(=O)O. The summed E-state index contributed by atoms with van der Waals surface area (Å²) in [7, 11) is 0. The van der Waals surface area contributed by atoms with E-state index in [1.54, 1.807) is 30.3 Å². The van der Waals surface area contributed by atoms with Gasteiger partial charge in [-0.05, 0) is 37.3 Å². The maximum absolute atomic E-state index is 13.1. The number of halogens is 4. The van der Waals surface area contributed by atoms with Crippen molar-refractivity contribution in [3.8, 4) is 5.75 Å². The lowest BCUT2D eigenvalue weighted by molar-refractivity contribution is -0.144. The second-order valence-electron chi connectivity index (χ2n) is 6.27. The van der Waals surface area contributed by atoms with Gasteiger partial charge in [0.15, 0.2) is 11.9 Å². The molecule has 0 amide bonds. The van der Waals surface area contributed by atoms with E-state index in [9.17, 15) is 9.59 Å². The van der Waals surface area contributed by atoms with Crippen LogP contribution in [0.15, 0.2) is 39.9 Å². The van der Waals surface area contributed by atoms with Crippen molar-refractivity contribution in [3.63, 3.8) is 0 Å². The van der Waals surface area contributed by atoms with Gasteiger partial charge in [-0.25, -0.2) is 4.79 Å². The maximum Gasteiger partial charge on any atom is 0.344 e. The first-order valence-electron chi connectivity index (χ1n) is 8.36. The molecule has 0 saturated carbocycles. The van der Waals surface area contributed by atoms with E-state index in [-0.39, 0.29) is 23.6 Å². The number of carbonyl (C=O) groups is 2. The van der Waals surface area contributed by atoms with Crippen molar-refractivity contribution in [2.24, 2.45) is 11.0 Å². The van der Waals surface area contributed by atoms with Crippen LogP contribution in [0.1, 0.15) is 17.3 Å². The second-order valence-corrected chi connectivity index (χ2v) is 8.44. The Bertz CT molecular complexity index is 992. The lowest BCUT2D eigenvalue weighted by atomic mass is 9.98. The number of aliphatic carboxylic acids is 1. The molecule has 0 aliphatic carbocycles. The molecule has 0 fully saturated rings. The van der Waals surface area contributed by atoms with Crippen LogP contribution in [0, 0.1) is 5.92 Å². The van der Waals surface area contributed by atoms with Gasteiger partial charge in [-0.3, -0.25) is 9.80 Å². The number of nitrogens with zero attached hydrogens (tertiary/aromatic N) is 2. The van der Waals surface area contributed by atoms with Crippen molar-refractivity contribution in [3.05, 3.63) is 55.4 Å². The number of hydrogen-bond donors (Lipinski definition) is 1. The molecule has 6 nitrogen and oxygen atoms in total. The Morgan fingerprint density at radius 2 is 1.90 bits per heavy atom. The minimum atomic E-state index is -1.13. The zero-order chi connectivity index (χ0) is 21.3. The Balaban J connectivity index is 1.85. The Morgan fingerprint density at radius 3 is 2.52 bits per heavy atom. The summed E-state index contributed by atoms with van der Waals surface area (Å²) in [4.78, 5) is 24.2. The highest BCUT2D eigenvalue weighted by Gasteiger charge is 2.31. The largest absolute Gasteiger partial charge is 0.479 e. The Morgan fingerprint density at radius 1 is 1.24 bits per heavy atom. The summed E-state index contributed by atoms with van der Waals surface area (Å²) in [6.45, 7) is 1.60. The van der Waals surface area contributed by atoms with Crippen LogP contribution < -0.4 is 9.75 Å². The molecule has 10 heteroatoms. The van der Waals surface area contributed by atoms with Gasteiger partial charge in [-0.2, -0.15) is 5.10 Å². The van der Waals surface area contributed by atoms with Gasteiger partial charge in [0, 0.05) is 15.7 Å². The molecule has 3 rings (SSSR count). The van der Waals surface area contributed by atoms with E-state index in [0.717, 1.165) is 0 Å². The minimum Gasteiger partial charge on any atom is -0.479 e. The molecule has 2 aromatic rings. The van der Waals surface area contributed by atoms with Crippen molar-refractivity contribution in [2.75, 3.05) is 11.6 Å². The Labute approximate surface area is 190 Å². The molecule has 2 unspecified atom stereocenters. The molecule has 152 valence electrons. The number of ketones is 1. The van der Waals surface area contributed by atoms with Gasteiger partial charge in [-0.15, -0.1) is 0 Å². The third-order valence-electron chi connectivity index (χ3n) is 4.19. The number of anilines is 1. The fraction of sp³-hybridized carbons (Fsp3) is 0.211. The van der Waals surface area contributed by atoms with Gasteiger partial charge >= 0.3 is 5.97 Å². The van der Waals surface area contributed by atoms with Crippen LogP contribution in [0.5, 0.6) is 5.75 Å². The lowest BCUT2D eigenvalue weighted by Crippen LogP contribution is -2.27. The van der Waals surface area contributed by atoms with Crippen molar-refractivity contribution >= 4 is 74.4 Å². The smallest absolute Gasteiger partial charge is 0.344 e. The molecular weight excluding hydrogens is 506 g/mol. The van der Waals surface area contributed by atoms with Gasteiger partial charge in [0.2, 0.25) is 0 Å². The maximum atomic E-state index is 13.1. The number of carbonyl (C=O) groups excluding carboxylic acids is 1. The highest BCUT2D eigenvalue weighted by Crippen LogP contribution is 2.38. The van der Waals surface area contributed by atoms with Crippen LogP contribution in [0.2, 0.25) is 15.1 Å². The Kier molecular flexibility index (Phi) is 6.73. The highest BCUT2D eigenvalue weighted by atomic mass is 79.9. The summed E-state index contributed by atoms with van der Waals surface area (Å²) in [6, 6.07) is 7.90. The number of rotatable bonds is 6. The minimum absolute atomic E-state index is 0.183. The summed E-state index contributed by atoms with van der Waals surface area (Å²) in [5, 5.41) is 15.9. The van der Waals surface area contributed by atoms with Crippen molar-refractivity contribution in [1.82, 2.24) is 0 Å². The normalized spacial score (nSPS) is 16.7. The summed E-state index contributed by atoms with van der Waals surface area (Å²) in [5.74, 6) is -1.82. The molecule has 1 N–H and O–H groups in total. The Hall–Kier alpha value is -1.80. The molecule has 1 aliphatic heterocycles. The predicted molar refractivity (Wildman–Crippen MR) is 117 cm³/mol. The molecule has 1 heterocycles. The van der Waals surface area contributed by atoms with Crippen LogP contribution >= 0.6 is 50.7 Å². The molecule has 0 bridgehead atoms. The van der Waals surface area contributed by atoms with E-state index in [1.807, 2.05) is 0 Å². The van der Waals surface area contributed by atoms with Crippen LogP contribution in [-0.4, -0.2) is 35.7 Å². The molecule has 0 saturated heterocycles. The number of Topliss-reactive ketones (excluding diaryl/α,β-unsaturated/α-hetero) is 1. The zero-order valence-corrected chi connectivity index (χ0v) is 18.8. The third kappa shape index (κ3) is 4.86. The van der Waals surface area contributed by atoms with Crippen LogP contribution in [0.3, 0.4) is 0 Å². The number of hydrogen-bond acceptors (Lipinski definition) is 5. The van der Waals surface area contributed by atoms with Crippen LogP contribution in [0.4, 0.5) is 5.69 Å². The fourth-order valence-corrected chi connectivity index (χ4v) is 4.13. The summed E-state index contributed by atoms with van der Waals surface area (Å²) < 4.78 is 6.11. The number of carboxylic acid groups (broad SMARTS) is 1. The average Bonchev–Trinajstić information content (AvgIpc) is 3.11. The number of hydrazone groups is 1. The summed E-state index contributed by atoms with van der Waals surface area (Å²) >= 11 is 21.8. The molecule has 2 atom stereocenters. The van der Waals surface area contributed by atoms with E-state index >= 15 is 0 Å². The molecule has 0 aromatic heterocycles. The topological polar surface area (TPSA) is 79.2 Å². The standard InChI is InChI=1S/C19H14BrCl3N2O4/c1-9(19(27)28)29-16-3-2-11(20)4-13(16)18(26)10-7-24-25(8-10)17-14(22)5-12(21)6-15(17)23/h2-7,9-10H,8H2,1H3,(H,27,28). The van der Waals surface area contributed by atoms with Crippen molar-refractivity contribution in [1.29, 1.82) is 0 Å². The molecule has 2 aromatic carbocycles. The summed E-state index contributed by atoms with van der Waals surface area (Å²) in [6.07, 6.45) is 0.387. The van der Waals surface area contributed by atoms with E-state index in [2.05, 4.69) is 21.0 Å². The first-order valence-corrected chi connectivity index (χ1v) is 10.3. The fourth-order valence-electron chi connectivity index (χ4n) is 2.76. The van der Waals surface area contributed by atoms with Crippen LogP contribution in [-0.2, 0) is 4.79 Å². The monoisotopic (exact) mass is 518 g/mol. The van der Waals surface area contributed by atoms with Gasteiger partial charge in [-0.1, -0.05) is 50.7 Å². The molecule has 29 heavy (non-hydrogen) atoms. The van der Waals surface area contributed by atoms with E-state index < -0.39 is 18.0 Å². The number of benzene rings is 2.